The van der Waals surface area contributed by atoms with E-state index in [1.165, 1.54) is 0 Å². The Morgan fingerprint density at radius 2 is 2.36 bits per heavy atom. The van der Waals surface area contributed by atoms with Crippen molar-refractivity contribution in [3.63, 3.8) is 0 Å². The van der Waals surface area contributed by atoms with Gasteiger partial charge in [0.15, 0.2) is 10.4 Å². The average Bonchev–Trinajstić information content (AvgIpc) is 2.34. The molecule has 0 unspecified atom stereocenters. The summed E-state index contributed by atoms with van der Waals surface area (Å²) < 4.78 is 0.370. The standard InChI is InChI=1S/C5H4N4S2/c10-4-2-3(7-1-6-2)8-5(11)9-4/h1H,(H3,6,7,8,9,10,11)/p-1. The normalized spacial score (nSPS) is 10.5. The SMILES string of the molecule is S=c1nc([S-])c2[nH]cnc2[nH]1. The summed E-state index contributed by atoms with van der Waals surface area (Å²) in [5.41, 5.74) is 1.39. The van der Waals surface area contributed by atoms with Crippen LogP contribution in [0.4, 0.5) is 0 Å². The zero-order valence-corrected chi connectivity index (χ0v) is 6.92. The van der Waals surface area contributed by atoms with Crippen LogP contribution in [0.1, 0.15) is 0 Å². The Balaban J connectivity index is 3.02. The zero-order chi connectivity index (χ0) is 7.84. The van der Waals surface area contributed by atoms with Crippen molar-refractivity contribution < 1.29 is 0 Å². The number of aromatic nitrogens is 4. The van der Waals surface area contributed by atoms with E-state index in [2.05, 4.69) is 19.9 Å². The number of aromatic amines is 2. The molecule has 2 aromatic heterocycles. The molecule has 2 aromatic rings. The number of nitrogens with zero attached hydrogens (tertiary/aromatic N) is 2. The van der Waals surface area contributed by atoms with Gasteiger partial charge in [0.2, 0.25) is 0 Å². The maximum Gasteiger partial charge on any atom is 0.197 e. The third-order valence-electron chi connectivity index (χ3n) is 1.28. The maximum atomic E-state index is 4.93. The molecule has 0 amide bonds. The predicted octanol–water partition coefficient (Wildman–Crippen LogP) is 0.921. The van der Waals surface area contributed by atoms with E-state index in [9.17, 15) is 0 Å². The molecular formula is C5H3N4S2-. The fourth-order valence-corrected chi connectivity index (χ4v) is 1.32. The number of hydrogen-bond donors (Lipinski definition) is 2. The fraction of sp³-hybridized carbons (Fsp3) is 0. The van der Waals surface area contributed by atoms with Crippen molar-refractivity contribution in [2.75, 3.05) is 0 Å². The first-order valence-corrected chi connectivity index (χ1v) is 3.69. The van der Waals surface area contributed by atoms with Gasteiger partial charge in [-0.15, -0.1) is 0 Å². The van der Waals surface area contributed by atoms with E-state index in [-0.39, 0.29) is 0 Å². The molecule has 0 fully saturated rings. The molecule has 2 N–H and O–H groups in total. The van der Waals surface area contributed by atoms with Crippen molar-refractivity contribution in [2.24, 2.45) is 0 Å². The summed E-state index contributed by atoms with van der Waals surface area (Å²) in [6.07, 6.45) is 1.55. The van der Waals surface area contributed by atoms with E-state index in [4.69, 9.17) is 24.8 Å². The van der Waals surface area contributed by atoms with Gasteiger partial charge in [0.05, 0.1) is 11.8 Å². The number of hydrogen-bond acceptors (Lipinski definition) is 4. The predicted molar refractivity (Wildman–Crippen MR) is 44.7 cm³/mol. The lowest BCUT2D eigenvalue weighted by Gasteiger charge is -2.02. The second-order valence-electron chi connectivity index (χ2n) is 1.97. The van der Waals surface area contributed by atoms with Gasteiger partial charge in [0.1, 0.15) is 0 Å². The van der Waals surface area contributed by atoms with Gasteiger partial charge in [-0.25, -0.2) is 9.97 Å². The van der Waals surface area contributed by atoms with Gasteiger partial charge in [-0.2, -0.15) is 0 Å². The third-order valence-corrected chi connectivity index (χ3v) is 1.77. The van der Waals surface area contributed by atoms with E-state index in [1.54, 1.807) is 6.33 Å². The van der Waals surface area contributed by atoms with Gasteiger partial charge < -0.3 is 22.6 Å². The molecule has 2 heterocycles. The van der Waals surface area contributed by atoms with Crippen molar-refractivity contribution in [1.29, 1.82) is 0 Å². The topological polar surface area (TPSA) is 57.4 Å². The summed E-state index contributed by atoms with van der Waals surface area (Å²) in [6, 6.07) is 0. The molecule has 2 rings (SSSR count). The number of fused-ring (bicyclic) bond motifs is 1. The lowest BCUT2D eigenvalue weighted by Crippen LogP contribution is -1.87. The second kappa shape index (κ2) is 2.24. The van der Waals surface area contributed by atoms with E-state index in [1.807, 2.05) is 0 Å². The first-order valence-electron chi connectivity index (χ1n) is 2.88. The minimum atomic E-state index is 0.370. The molecular weight excluding hydrogens is 180 g/mol. The maximum absolute atomic E-state index is 4.93. The number of rotatable bonds is 0. The van der Waals surface area contributed by atoms with E-state index in [0.717, 1.165) is 5.52 Å². The van der Waals surface area contributed by atoms with Crippen molar-refractivity contribution in [1.82, 2.24) is 19.9 Å². The first kappa shape index (κ1) is 6.68. The lowest BCUT2D eigenvalue weighted by molar-refractivity contribution is 1.06. The van der Waals surface area contributed by atoms with Gasteiger partial charge in [-0.05, 0) is 12.2 Å². The van der Waals surface area contributed by atoms with Gasteiger partial charge in [0.25, 0.3) is 0 Å². The van der Waals surface area contributed by atoms with Crippen LogP contribution in [-0.4, -0.2) is 19.9 Å². The van der Waals surface area contributed by atoms with Gasteiger partial charge in [0, 0.05) is 0 Å². The van der Waals surface area contributed by atoms with Gasteiger partial charge >= 0.3 is 0 Å². The Kier molecular flexibility index (Phi) is 1.36. The Morgan fingerprint density at radius 1 is 1.55 bits per heavy atom. The molecule has 0 radical (unpaired) electrons. The molecule has 6 heteroatoms. The third kappa shape index (κ3) is 0.997. The first-order chi connectivity index (χ1) is 5.27. The molecule has 11 heavy (non-hydrogen) atoms. The van der Waals surface area contributed by atoms with Gasteiger partial charge in [-0.1, -0.05) is 5.03 Å². The molecule has 0 saturated heterocycles. The Bertz CT molecular complexity index is 443. The largest absolute Gasteiger partial charge is 0.758 e. The Morgan fingerprint density at radius 3 is 3.18 bits per heavy atom. The average molecular weight is 183 g/mol. The lowest BCUT2D eigenvalue weighted by atomic mass is 10.6. The molecule has 0 atom stereocenters. The summed E-state index contributed by atoms with van der Waals surface area (Å²) in [7, 11) is 0. The van der Waals surface area contributed by atoms with Crippen LogP contribution in [-0.2, 0) is 12.6 Å². The number of imidazole rings is 1. The Hall–Kier alpha value is -1.01. The van der Waals surface area contributed by atoms with E-state index in [0.29, 0.717) is 15.4 Å². The molecule has 56 valence electrons. The summed E-state index contributed by atoms with van der Waals surface area (Å²) in [6.45, 7) is 0. The van der Waals surface area contributed by atoms with Crippen LogP contribution in [0.5, 0.6) is 0 Å². The summed E-state index contributed by atoms with van der Waals surface area (Å²) >= 11 is 9.73. The highest BCUT2D eigenvalue weighted by Crippen LogP contribution is 2.07. The number of nitrogens with one attached hydrogen (secondary N) is 2. The van der Waals surface area contributed by atoms with Crippen molar-refractivity contribution >= 4 is 36.0 Å². The minimum absolute atomic E-state index is 0.370. The smallest absolute Gasteiger partial charge is 0.197 e. The van der Waals surface area contributed by atoms with Crippen LogP contribution in [0.2, 0.25) is 0 Å². The summed E-state index contributed by atoms with van der Waals surface area (Å²) in [5, 5.41) is 0.459. The van der Waals surface area contributed by atoms with Crippen LogP contribution in [0.15, 0.2) is 11.4 Å². The van der Waals surface area contributed by atoms with E-state index < -0.39 is 0 Å². The van der Waals surface area contributed by atoms with Gasteiger partial charge in [-0.3, -0.25) is 0 Å². The summed E-state index contributed by atoms with van der Waals surface area (Å²) in [5.74, 6) is 0. The van der Waals surface area contributed by atoms with Crippen LogP contribution in [0.25, 0.3) is 11.2 Å². The highest BCUT2D eigenvalue weighted by molar-refractivity contribution is 7.71. The second-order valence-corrected chi connectivity index (χ2v) is 2.75. The zero-order valence-electron chi connectivity index (χ0n) is 5.29. The van der Waals surface area contributed by atoms with Crippen LogP contribution >= 0.6 is 12.2 Å². The van der Waals surface area contributed by atoms with Crippen molar-refractivity contribution in [2.45, 2.75) is 5.03 Å². The van der Waals surface area contributed by atoms with Crippen molar-refractivity contribution in [3.8, 4) is 0 Å². The highest BCUT2D eigenvalue weighted by atomic mass is 32.1. The molecule has 0 spiro atoms. The molecule has 0 aliphatic heterocycles. The molecule has 0 saturated carbocycles. The highest BCUT2D eigenvalue weighted by Gasteiger charge is 1.94. The molecule has 0 aliphatic carbocycles. The fourth-order valence-electron chi connectivity index (χ4n) is 0.829. The molecule has 0 aromatic carbocycles. The molecule has 0 bridgehead atoms. The summed E-state index contributed by atoms with van der Waals surface area (Å²) in [4.78, 5) is 13.5. The minimum Gasteiger partial charge on any atom is -0.758 e. The van der Waals surface area contributed by atoms with Crippen LogP contribution < -0.4 is 0 Å². The van der Waals surface area contributed by atoms with Crippen LogP contribution in [0.3, 0.4) is 0 Å². The van der Waals surface area contributed by atoms with Crippen LogP contribution in [0, 0.1) is 4.77 Å². The number of H-pyrrole nitrogens is 2. The molecule has 0 aliphatic rings. The van der Waals surface area contributed by atoms with Crippen molar-refractivity contribution in [3.05, 3.63) is 11.1 Å². The monoisotopic (exact) mass is 183 g/mol. The molecule has 4 nitrogen and oxygen atoms in total. The van der Waals surface area contributed by atoms with E-state index >= 15 is 0 Å². The quantitative estimate of drug-likeness (QED) is 0.362. The Labute approximate surface area is 72.5 Å².